The van der Waals surface area contributed by atoms with Crippen LogP contribution in [-0.2, 0) is 6.42 Å². The first-order valence-corrected chi connectivity index (χ1v) is 8.01. The largest absolute Gasteiger partial charge is 0.379 e. The molecule has 2 aromatic heterocycles. The highest BCUT2D eigenvalue weighted by Crippen LogP contribution is 2.30. The number of hydrogen-bond donors (Lipinski definition) is 1. The molecular formula is C16H19N3S. The Morgan fingerprint density at radius 1 is 1.40 bits per heavy atom. The van der Waals surface area contributed by atoms with Crippen molar-refractivity contribution >= 4 is 27.2 Å². The number of hydrogen-bond acceptors (Lipinski definition) is 4. The summed E-state index contributed by atoms with van der Waals surface area (Å²) in [5.74, 6) is 0. The van der Waals surface area contributed by atoms with Gasteiger partial charge in [0, 0.05) is 11.4 Å². The lowest BCUT2D eigenvalue weighted by Crippen LogP contribution is -2.06. The highest BCUT2D eigenvalue weighted by molar-refractivity contribution is 7.19. The molecule has 1 N–H and O–H groups in total. The van der Waals surface area contributed by atoms with Crippen LogP contribution in [0.5, 0.6) is 0 Å². The molecule has 0 atom stereocenters. The van der Waals surface area contributed by atoms with Gasteiger partial charge in [0.15, 0.2) is 0 Å². The molecule has 4 heteroatoms. The van der Waals surface area contributed by atoms with Crippen molar-refractivity contribution in [2.24, 2.45) is 0 Å². The molecule has 20 heavy (non-hydrogen) atoms. The number of rotatable bonds is 5. The van der Waals surface area contributed by atoms with Crippen molar-refractivity contribution in [1.82, 2.24) is 10.2 Å². The molecule has 0 spiro atoms. The monoisotopic (exact) mass is 285 g/mol. The van der Waals surface area contributed by atoms with Crippen LogP contribution in [0.1, 0.15) is 31.1 Å². The lowest BCUT2D eigenvalue weighted by Gasteiger charge is -2.11. The topological polar surface area (TPSA) is 37.8 Å². The summed E-state index contributed by atoms with van der Waals surface area (Å²) in [7, 11) is 0. The summed E-state index contributed by atoms with van der Waals surface area (Å²) in [6, 6.07) is 2.17. The van der Waals surface area contributed by atoms with Gasteiger partial charge in [-0.1, -0.05) is 37.1 Å². The zero-order valence-electron chi connectivity index (χ0n) is 11.7. The molecule has 104 valence electrons. The number of anilines is 1. The van der Waals surface area contributed by atoms with E-state index >= 15 is 0 Å². The van der Waals surface area contributed by atoms with E-state index < -0.39 is 0 Å². The van der Waals surface area contributed by atoms with Gasteiger partial charge in [-0.3, -0.25) is 0 Å². The maximum Gasteiger partial charge on any atom is 0.106 e. The third-order valence-corrected chi connectivity index (χ3v) is 4.68. The van der Waals surface area contributed by atoms with Crippen LogP contribution >= 0.6 is 11.3 Å². The summed E-state index contributed by atoms with van der Waals surface area (Å²) < 4.78 is 1.23. The average Bonchev–Trinajstić information content (AvgIpc) is 2.89. The van der Waals surface area contributed by atoms with Crippen LogP contribution in [0, 0.1) is 0 Å². The van der Waals surface area contributed by atoms with Crippen LogP contribution in [0.3, 0.4) is 0 Å². The van der Waals surface area contributed by atoms with Crippen LogP contribution in [-0.4, -0.2) is 16.7 Å². The Balaban J connectivity index is 1.80. The molecule has 0 fully saturated rings. The summed E-state index contributed by atoms with van der Waals surface area (Å²) in [5.41, 5.74) is 3.57. The Labute approximate surface area is 123 Å². The summed E-state index contributed by atoms with van der Waals surface area (Å²) in [6.07, 6.45) is 13.0. The Kier molecular flexibility index (Phi) is 4.11. The molecule has 0 radical (unpaired) electrons. The number of fused-ring (bicyclic) bond motifs is 1. The minimum atomic E-state index is 0.895. The van der Waals surface area contributed by atoms with Gasteiger partial charge in [-0.05, 0) is 25.3 Å². The summed E-state index contributed by atoms with van der Waals surface area (Å²) in [5, 5.41) is 11.9. The second-order valence-corrected chi connectivity index (χ2v) is 6.22. The van der Waals surface area contributed by atoms with E-state index in [9.17, 15) is 0 Å². The lowest BCUT2D eigenvalue weighted by atomic mass is 10.1. The minimum Gasteiger partial charge on any atom is -0.379 e. The lowest BCUT2D eigenvalue weighted by molar-refractivity contribution is 0.932. The standard InChI is InChI=1S/C16H19N3S/c1-2-6-13-9-14-16(20-13)15(11-18-19-14)17-10-12-7-4-3-5-8-12/h3-4,7,9,11H,2,5-6,8,10H2,1H3,(H,17,19). The van der Waals surface area contributed by atoms with Crippen LogP contribution in [0.15, 0.2) is 36.1 Å². The van der Waals surface area contributed by atoms with Crippen LogP contribution in [0.4, 0.5) is 5.69 Å². The summed E-state index contributed by atoms with van der Waals surface area (Å²) in [4.78, 5) is 1.39. The Morgan fingerprint density at radius 2 is 2.35 bits per heavy atom. The first-order chi connectivity index (χ1) is 9.86. The van der Waals surface area contributed by atoms with Crippen molar-refractivity contribution < 1.29 is 0 Å². The van der Waals surface area contributed by atoms with Gasteiger partial charge >= 0.3 is 0 Å². The minimum absolute atomic E-state index is 0.895. The van der Waals surface area contributed by atoms with E-state index in [4.69, 9.17) is 0 Å². The van der Waals surface area contributed by atoms with Gasteiger partial charge in [-0.15, -0.1) is 16.4 Å². The zero-order valence-corrected chi connectivity index (χ0v) is 12.5. The van der Waals surface area contributed by atoms with E-state index in [0.29, 0.717) is 0 Å². The van der Waals surface area contributed by atoms with E-state index in [-0.39, 0.29) is 0 Å². The van der Waals surface area contributed by atoms with E-state index in [2.05, 4.69) is 46.7 Å². The van der Waals surface area contributed by atoms with E-state index in [1.165, 1.54) is 21.6 Å². The first-order valence-electron chi connectivity index (χ1n) is 7.19. The Bertz CT molecular complexity index is 655. The number of nitrogens with one attached hydrogen (secondary N) is 1. The fraction of sp³-hybridized carbons (Fsp3) is 0.375. The first kappa shape index (κ1) is 13.3. The fourth-order valence-corrected chi connectivity index (χ4v) is 3.59. The number of thiophene rings is 1. The smallest absolute Gasteiger partial charge is 0.106 e. The normalized spacial score (nSPS) is 14.6. The van der Waals surface area contributed by atoms with Gasteiger partial charge in [0.25, 0.3) is 0 Å². The third-order valence-electron chi connectivity index (χ3n) is 3.46. The maximum absolute atomic E-state index is 4.23. The SMILES string of the molecule is CCCc1cc2nncc(NCC3=CC=CCC3)c2s1. The van der Waals surface area contributed by atoms with Crippen molar-refractivity contribution in [3.63, 3.8) is 0 Å². The third kappa shape index (κ3) is 2.90. The fourth-order valence-electron chi connectivity index (χ4n) is 2.41. The van der Waals surface area contributed by atoms with Crippen molar-refractivity contribution in [1.29, 1.82) is 0 Å². The summed E-state index contributed by atoms with van der Waals surface area (Å²) in [6.45, 7) is 3.10. The second-order valence-electron chi connectivity index (χ2n) is 5.08. The molecular weight excluding hydrogens is 266 g/mol. The Hall–Kier alpha value is -1.68. The van der Waals surface area contributed by atoms with Crippen molar-refractivity contribution in [2.75, 3.05) is 11.9 Å². The van der Waals surface area contributed by atoms with Crippen molar-refractivity contribution in [3.8, 4) is 0 Å². The number of allylic oxidation sites excluding steroid dienone is 3. The van der Waals surface area contributed by atoms with Gasteiger partial charge in [0.1, 0.15) is 5.52 Å². The molecule has 2 aromatic rings. The quantitative estimate of drug-likeness (QED) is 0.888. The molecule has 0 saturated carbocycles. The Morgan fingerprint density at radius 3 is 3.15 bits per heavy atom. The predicted molar refractivity (Wildman–Crippen MR) is 86.4 cm³/mol. The highest BCUT2D eigenvalue weighted by Gasteiger charge is 2.08. The maximum atomic E-state index is 4.23. The van der Waals surface area contributed by atoms with Crippen LogP contribution < -0.4 is 5.32 Å². The second kappa shape index (κ2) is 6.18. The van der Waals surface area contributed by atoms with E-state index in [0.717, 1.165) is 37.0 Å². The number of aryl methyl sites for hydroxylation is 1. The molecule has 0 aliphatic heterocycles. The predicted octanol–water partition coefficient (Wildman–Crippen LogP) is 4.33. The van der Waals surface area contributed by atoms with Gasteiger partial charge in [0.05, 0.1) is 16.6 Å². The van der Waals surface area contributed by atoms with Gasteiger partial charge in [0.2, 0.25) is 0 Å². The molecule has 0 amide bonds. The van der Waals surface area contributed by atoms with Gasteiger partial charge in [-0.25, -0.2) is 0 Å². The van der Waals surface area contributed by atoms with Gasteiger partial charge in [-0.2, -0.15) is 5.10 Å². The molecule has 0 unspecified atom stereocenters. The summed E-state index contributed by atoms with van der Waals surface area (Å²) >= 11 is 1.84. The molecule has 0 saturated heterocycles. The molecule has 2 heterocycles. The van der Waals surface area contributed by atoms with E-state index in [1.807, 2.05) is 17.5 Å². The molecule has 0 aromatic carbocycles. The zero-order chi connectivity index (χ0) is 13.8. The molecule has 0 bridgehead atoms. The molecule has 3 rings (SSSR count). The number of aromatic nitrogens is 2. The van der Waals surface area contributed by atoms with Crippen LogP contribution in [0.2, 0.25) is 0 Å². The van der Waals surface area contributed by atoms with Crippen LogP contribution in [0.25, 0.3) is 10.2 Å². The van der Waals surface area contributed by atoms with Gasteiger partial charge < -0.3 is 5.32 Å². The molecule has 1 aliphatic rings. The van der Waals surface area contributed by atoms with Crippen molar-refractivity contribution in [2.45, 2.75) is 32.6 Å². The molecule has 3 nitrogen and oxygen atoms in total. The van der Waals surface area contributed by atoms with Crippen molar-refractivity contribution in [3.05, 3.63) is 40.9 Å². The number of nitrogens with zero attached hydrogens (tertiary/aromatic N) is 2. The molecule has 1 aliphatic carbocycles. The average molecular weight is 285 g/mol. The van der Waals surface area contributed by atoms with E-state index in [1.54, 1.807) is 0 Å². The highest BCUT2D eigenvalue weighted by atomic mass is 32.1.